The Morgan fingerprint density at radius 2 is 1.39 bits per heavy atom. The predicted octanol–water partition coefficient (Wildman–Crippen LogP) is 5.00. The van der Waals surface area contributed by atoms with Crippen LogP contribution >= 0.6 is 0 Å². The molecule has 0 aliphatic carbocycles. The van der Waals surface area contributed by atoms with Gasteiger partial charge in [0.1, 0.15) is 17.7 Å². The molecule has 1 heterocycles. The highest BCUT2D eigenvalue weighted by atomic mass is 16.5. The SMILES string of the molecule is C[N+](C)(CCCOc1ccccc1)Cc1nc(C(O)(c2ccccc2)c2ccccc2)co1. The van der Waals surface area contributed by atoms with Crippen molar-refractivity contribution < 1.29 is 18.7 Å². The molecule has 0 spiro atoms. The van der Waals surface area contributed by atoms with Crippen molar-refractivity contribution >= 4 is 0 Å². The zero-order valence-corrected chi connectivity index (χ0v) is 19.2. The van der Waals surface area contributed by atoms with Crippen LogP contribution in [0.1, 0.15) is 29.1 Å². The standard InChI is InChI=1S/C28H31N2O3/c1-30(2,19-12-20-32-25-17-10-5-11-18-25)21-27-29-26(22-33-27)28(31,23-13-6-3-7-14-23)24-15-8-4-9-16-24/h3-11,13-18,22,31H,12,19-21H2,1-2H3/q+1. The number of quaternary nitrogens is 1. The fourth-order valence-electron chi connectivity index (χ4n) is 4.02. The Morgan fingerprint density at radius 3 is 1.97 bits per heavy atom. The third-order valence-corrected chi connectivity index (χ3v) is 5.79. The van der Waals surface area contributed by atoms with Gasteiger partial charge in [-0.05, 0) is 23.3 Å². The van der Waals surface area contributed by atoms with Crippen LogP contribution in [0.25, 0.3) is 0 Å². The van der Waals surface area contributed by atoms with E-state index in [0.717, 1.165) is 29.8 Å². The Morgan fingerprint density at radius 1 is 0.848 bits per heavy atom. The quantitative estimate of drug-likeness (QED) is 0.277. The molecule has 1 aromatic heterocycles. The topological polar surface area (TPSA) is 55.5 Å². The van der Waals surface area contributed by atoms with Crippen LogP contribution in [0.2, 0.25) is 0 Å². The number of benzene rings is 3. The summed E-state index contributed by atoms with van der Waals surface area (Å²) in [6.07, 6.45) is 2.49. The highest BCUT2D eigenvalue weighted by Crippen LogP contribution is 2.36. The molecular weight excluding hydrogens is 412 g/mol. The van der Waals surface area contributed by atoms with E-state index in [9.17, 15) is 5.11 Å². The maximum absolute atomic E-state index is 11.9. The van der Waals surface area contributed by atoms with Crippen molar-refractivity contribution in [2.75, 3.05) is 27.2 Å². The second-order valence-corrected chi connectivity index (χ2v) is 8.90. The van der Waals surface area contributed by atoms with Crippen molar-refractivity contribution in [1.29, 1.82) is 0 Å². The Balaban J connectivity index is 1.46. The van der Waals surface area contributed by atoms with Crippen LogP contribution in [0.4, 0.5) is 0 Å². The Hall–Kier alpha value is -3.41. The van der Waals surface area contributed by atoms with E-state index in [0.29, 0.717) is 29.2 Å². The smallest absolute Gasteiger partial charge is 0.250 e. The van der Waals surface area contributed by atoms with E-state index in [-0.39, 0.29) is 0 Å². The van der Waals surface area contributed by atoms with E-state index in [1.807, 2.05) is 91.0 Å². The first-order chi connectivity index (χ1) is 16.0. The van der Waals surface area contributed by atoms with E-state index in [1.54, 1.807) is 6.26 Å². The molecule has 0 aliphatic rings. The summed E-state index contributed by atoms with van der Waals surface area (Å²) in [5.74, 6) is 1.49. The second-order valence-electron chi connectivity index (χ2n) is 8.90. The van der Waals surface area contributed by atoms with Gasteiger partial charge in [-0.1, -0.05) is 78.9 Å². The van der Waals surface area contributed by atoms with Gasteiger partial charge in [0, 0.05) is 6.42 Å². The summed E-state index contributed by atoms with van der Waals surface area (Å²) in [7, 11) is 4.29. The third kappa shape index (κ3) is 5.51. The number of nitrogens with zero attached hydrogens (tertiary/aromatic N) is 2. The minimum Gasteiger partial charge on any atom is -0.493 e. The number of aliphatic hydroxyl groups is 1. The summed E-state index contributed by atoms with van der Waals surface area (Å²) < 4.78 is 12.4. The van der Waals surface area contributed by atoms with Gasteiger partial charge >= 0.3 is 0 Å². The summed E-state index contributed by atoms with van der Waals surface area (Å²) in [5.41, 5.74) is 0.610. The number of para-hydroxylation sites is 1. The maximum atomic E-state index is 11.9. The van der Waals surface area contributed by atoms with Gasteiger partial charge < -0.3 is 18.7 Å². The normalized spacial score (nSPS) is 12.0. The molecule has 4 rings (SSSR count). The van der Waals surface area contributed by atoms with Gasteiger partial charge in [-0.25, -0.2) is 4.98 Å². The molecule has 0 saturated carbocycles. The van der Waals surface area contributed by atoms with Crippen molar-refractivity contribution in [3.63, 3.8) is 0 Å². The molecule has 3 aromatic carbocycles. The molecule has 170 valence electrons. The maximum Gasteiger partial charge on any atom is 0.250 e. The molecule has 0 fully saturated rings. The van der Waals surface area contributed by atoms with Crippen molar-refractivity contribution in [3.05, 3.63) is 120 Å². The van der Waals surface area contributed by atoms with E-state index >= 15 is 0 Å². The van der Waals surface area contributed by atoms with Crippen LogP contribution < -0.4 is 4.74 Å². The number of rotatable bonds is 10. The lowest BCUT2D eigenvalue weighted by Gasteiger charge is -2.28. The summed E-state index contributed by atoms with van der Waals surface area (Å²) in [6, 6.07) is 29.0. The monoisotopic (exact) mass is 443 g/mol. The number of hydrogen-bond acceptors (Lipinski definition) is 4. The molecule has 0 amide bonds. The molecule has 33 heavy (non-hydrogen) atoms. The minimum absolute atomic E-state index is 0.488. The van der Waals surface area contributed by atoms with E-state index < -0.39 is 5.60 Å². The average molecular weight is 444 g/mol. The molecule has 0 aliphatic heterocycles. The first-order valence-corrected chi connectivity index (χ1v) is 11.3. The summed E-state index contributed by atoms with van der Waals surface area (Å²) in [5, 5.41) is 11.9. The highest BCUT2D eigenvalue weighted by molar-refractivity contribution is 5.43. The second kappa shape index (κ2) is 10.0. The molecule has 5 nitrogen and oxygen atoms in total. The van der Waals surface area contributed by atoms with Crippen LogP contribution in [0.15, 0.2) is 102 Å². The Kier molecular flexibility index (Phi) is 6.92. The van der Waals surface area contributed by atoms with Crippen LogP contribution in [0.3, 0.4) is 0 Å². The van der Waals surface area contributed by atoms with Gasteiger partial charge in [0.05, 0.1) is 27.2 Å². The molecular formula is C28H31N2O3+. The Bertz CT molecular complexity index is 1090. The number of ether oxygens (including phenoxy) is 1. The summed E-state index contributed by atoms with van der Waals surface area (Å²) in [6.45, 7) is 2.18. The zero-order chi connectivity index (χ0) is 23.2. The molecule has 4 aromatic rings. The number of oxazole rings is 1. The molecule has 0 saturated heterocycles. The number of aromatic nitrogens is 1. The summed E-state index contributed by atoms with van der Waals surface area (Å²) >= 11 is 0. The van der Waals surface area contributed by atoms with E-state index in [4.69, 9.17) is 14.1 Å². The van der Waals surface area contributed by atoms with Crippen LogP contribution in [0.5, 0.6) is 5.75 Å². The van der Waals surface area contributed by atoms with Crippen molar-refractivity contribution in [2.45, 2.75) is 18.6 Å². The van der Waals surface area contributed by atoms with Crippen LogP contribution in [-0.2, 0) is 12.1 Å². The van der Waals surface area contributed by atoms with Gasteiger partial charge in [0.25, 0.3) is 5.89 Å². The molecule has 1 N–H and O–H groups in total. The van der Waals surface area contributed by atoms with Crippen molar-refractivity contribution in [2.24, 2.45) is 0 Å². The van der Waals surface area contributed by atoms with Gasteiger partial charge in [-0.2, -0.15) is 0 Å². The van der Waals surface area contributed by atoms with Crippen LogP contribution in [-0.4, -0.2) is 41.8 Å². The van der Waals surface area contributed by atoms with Gasteiger partial charge in [0.2, 0.25) is 0 Å². The van der Waals surface area contributed by atoms with E-state index in [1.165, 1.54) is 0 Å². The zero-order valence-electron chi connectivity index (χ0n) is 19.2. The Labute approximate surface area is 195 Å². The largest absolute Gasteiger partial charge is 0.493 e. The van der Waals surface area contributed by atoms with Gasteiger partial charge in [-0.15, -0.1) is 0 Å². The molecule has 0 atom stereocenters. The minimum atomic E-state index is -1.38. The first-order valence-electron chi connectivity index (χ1n) is 11.3. The molecule has 0 radical (unpaired) electrons. The van der Waals surface area contributed by atoms with E-state index in [2.05, 4.69) is 14.1 Å². The third-order valence-electron chi connectivity index (χ3n) is 5.79. The molecule has 0 unspecified atom stereocenters. The summed E-state index contributed by atoms with van der Waals surface area (Å²) in [4.78, 5) is 4.73. The van der Waals surface area contributed by atoms with Gasteiger partial charge in [-0.3, -0.25) is 0 Å². The van der Waals surface area contributed by atoms with Crippen molar-refractivity contribution in [1.82, 2.24) is 4.98 Å². The molecule has 5 heteroatoms. The lowest BCUT2D eigenvalue weighted by atomic mass is 9.84. The number of hydrogen-bond donors (Lipinski definition) is 1. The first kappa shape index (κ1) is 22.8. The predicted molar refractivity (Wildman–Crippen MR) is 129 cm³/mol. The fourth-order valence-corrected chi connectivity index (χ4v) is 4.02. The molecule has 0 bridgehead atoms. The highest BCUT2D eigenvalue weighted by Gasteiger charge is 2.37. The lowest BCUT2D eigenvalue weighted by molar-refractivity contribution is -0.905. The van der Waals surface area contributed by atoms with Crippen molar-refractivity contribution in [3.8, 4) is 5.75 Å². The fraction of sp³-hybridized carbons (Fsp3) is 0.250. The van der Waals surface area contributed by atoms with Gasteiger partial charge in [0.15, 0.2) is 12.1 Å². The average Bonchev–Trinajstić information content (AvgIpc) is 3.31. The van der Waals surface area contributed by atoms with Crippen LogP contribution in [0, 0.1) is 0 Å². The lowest BCUT2D eigenvalue weighted by Crippen LogP contribution is -2.40.